The van der Waals surface area contributed by atoms with Gasteiger partial charge >= 0.3 is 0 Å². The Hall–Kier alpha value is -1.44. The van der Waals surface area contributed by atoms with E-state index in [1.54, 1.807) is 4.68 Å². The molecule has 1 saturated carbocycles. The fourth-order valence-corrected chi connectivity index (χ4v) is 4.71. The number of aryl methyl sites for hydroxylation is 1. The van der Waals surface area contributed by atoms with E-state index in [0.717, 1.165) is 50.9 Å². The van der Waals surface area contributed by atoms with Crippen molar-refractivity contribution in [1.82, 2.24) is 20.0 Å². The van der Waals surface area contributed by atoms with Gasteiger partial charge in [-0.05, 0) is 25.8 Å². The van der Waals surface area contributed by atoms with Gasteiger partial charge in [-0.2, -0.15) is 5.10 Å². The molecule has 2 saturated heterocycles. The maximum absolute atomic E-state index is 13.1. The Balaban J connectivity index is 1.53. The van der Waals surface area contributed by atoms with Crippen LogP contribution in [0.4, 0.5) is 0 Å². The number of hydrogen-bond donors (Lipinski definition) is 2. The fourth-order valence-electron chi connectivity index (χ4n) is 4.71. The molecule has 3 unspecified atom stereocenters. The molecule has 4 rings (SSSR count). The number of morpholine rings is 1. The Kier molecular flexibility index (Phi) is 4.56. The van der Waals surface area contributed by atoms with Gasteiger partial charge in [-0.3, -0.25) is 14.4 Å². The van der Waals surface area contributed by atoms with Crippen molar-refractivity contribution >= 4 is 5.91 Å². The Labute approximate surface area is 148 Å². The Morgan fingerprint density at radius 1 is 1.52 bits per heavy atom. The highest BCUT2D eigenvalue weighted by Gasteiger charge is 2.47. The number of nitrogens with zero attached hydrogens (tertiary/aromatic N) is 3. The van der Waals surface area contributed by atoms with E-state index in [4.69, 9.17) is 4.74 Å². The molecule has 1 aromatic rings. The van der Waals surface area contributed by atoms with E-state index < -0.39 is 0 Å². The zero-order valence-corrected chi connectivity index (χ0v) is 14.9. The van der Waals surface area contributed by atoms with Gasteiger partial charge in [0, 0.05) is 36.8 Å². The second-order valence-corrected chi connectivity index (χ2v) is 7.84. The normalized spacial score (nSPS) is 29.7. The fraction of sp³-hybridized carbons (Fsp3) is 0.778. The van der Waals surface area contributed by atoms with Gasteiger partial charge in [0.2, 0.25) is 5.91 Å². The van der Waals surface area contributed by atoms with Crippen molar-refractivity contribution < 1.29 is 14.6 Å². The monoisotopic (exact) mass is 348 g/mol. The summed E-state index contributed by atoms with van der Waals surface area (Å²) in [6.45, 7) is 3.38. The van der Waals surface area contributed by atoms with E-state index in [1.807, 2.05) is 19.4 Å². The Bertz CT molecular complexity index is 622. The van der Waals surface area contributed by atoms with Gasteiger partial charge in [-0.15, -0.1) is 0 Å². The molecular formula is C18H28N4O3. The summed E-state index contributed by atoms with van der Waals surface area (Å²) in [5.74, 6) is 0.0573. The average molecular weight is 348 g/mol. The van der Waals surface area contributed by atoms with Gasteiger partial charge in [-0.1, -0.05) is 6.42 Å². The maximum Gasteiger partial charge on any atom is 0.225 e. The Morgan fingerprint density at radius 3 is 3.00 bits per heavy atom. The summed E-state index contributed by atoms with van der Waals surface area (Å²) >= 11 is 0. The van der Waals surface area contributed by atoms with E-state index >= 15 is 0 Å². The summed E-state index contributed by atoms with van der Waals surface area (Å²) in [5, 5.41) is 17.6. The molecule has 1 aromatic heterocycles. The summed E-state index contributed by atoms with van der Waals surface area (Å²) in [7, 11) is 1.88. The summed E-state index contributed by atoms with van der Waals surface area (Å²) < 4.78 is 7.36. The third-order valence-corrected chi connectivity index (χ3v) is 6.43. The number of carbonyl (C=O) groups is 1. The predicted octanol–water partition coefficient (Wildman–Crippen LogP) is 0.461. The third kappa shape index (κ3) is 2.98. The lowest BCUT2D eigenvalue weighted by molar-refractivity contribution is -0.130. The van der Waals surface area contributed by atoms with Crippen LogP contribution < -0.4 is 5.32 Å². The zero-order valence-electron chi connectivity index (χ0n) is 14.9. The summed E-state index contributed by atoms with van der Waals surface area (Å²) in [6.07, 6.45) is 7.61. The first-order chi connectivity index (χ1) is 12.1. The van der Waals surface area contributed by atoms with Crippen molar-refractivity contribution in [1.29, 1.82) is 0 Å². The highest BCUT2D eigenvalue weighted by atomic mass is 16.5. The van der Waals surface area contributed by atoms with Crippen LogP contribution in [0.1, 0.15) is 37.3 Å². The van der Waals surface area contributed by atoms with E-state index in [2.05, 4.69) is 15.3 Å². The van der Waals surface area contributed by atoms with Gasteiger partial charge in [0.05, 0.1) is 38.0 Å². The van der Waals surface area contributed by atoms with Crippen molar-refractivity contribution in [2.45, 2.75) is 37.8 Å². The van der Waals surface area contributed by atoms with Gasteiger partial charge in [-0.25, -0.2) is 0 Å². The summed E-state index contributed by atoms with van der Waals surface area (Å²) in [6, 6.07) is 0.0146. The predicted molar refractivity (Wildman–Crippen MR) is 91.7 cm³/mol. The van der Waals surface area contributed by atoms with Crippen LogP contribution in [-0.2, 0) is 16.6 Å². The van der Waals surface area contributed by atoms with Crippen LogP contribution in [0.25, 0.3) is 0 Å². The van der Waals surface area contributed by atoms with Crippen LogP contribution in [0, 0.1) is 11.3 Å². The zero-order chi connectivity index (χ0) is 17.4. The highest BCUT2D eigenvalue weighted by molar-refractivity contribution is 5.80. The van der Waals surface area contributed by atoms with Gasteiger partial charge < -0.3 is 15.2 Å². The van der Waals surface area contributed by atoms with Gasteiger partial charge in [0.25, 0.3) is 0 Å². The number of fused-ring (bicyclic) bond motifs is 1. The van der Waals surface area contributed by atoms with Crippen molar-refractivity contribution in [2.75, 3.05) is 32.9 Å². The first-order valence-electron chi connectivity index (χ1n) is 9.34. The van der Waals surface area contributed by atoms with Crippen LogP contribution in [0.2, 0.25) is 0 Å². The van der Waals surface area contributed by atoms with Crippen LogP contribution in [0.3, 0.4) is 0 Å². The van der Waals surface area contributed by atoms with E-state index in [1.165, 1.54) is 0 Å². The third-order valence-electron chi connectivity index (χ3n) is 6.43. The smallest absolute Gasteiger partial charge is 0.225 e. The van der Waals surface area contributed by atoms with E-state index in [-0.39, 0.29) is 35.9 Å². The van der Waals surface area contributed by atoms with E-state index in [0.29, 0.717) is 6.61 Å². The maximum atomic E-state index is 13.1. The molecule has 0 spiro atoms. The first-order valence-corrected chi connectivity index (χ1v) is 9.34. The van der Waals surface area contributed by atoms with Gasteiger partial charge in [0.15, 0.2) is 0 Å². The second-order valence-electron chi connectivity index (χ2n) is 7.84. The summed E-state index contributed by atoms with van der Waals surface area (Å²) in [5.41, 5.74) is 0.736. The molecule has 0 aromatic carbocycles. The molecule has 3 aliphatic rings. The second kappa shape index (κ2) is 6.70. The molecule has 0 radical (unpaired) electrons. The molecule has 7 nitrogen and oxygen atoms in total. The number of hydrogen-bond acceptors (Lipinski definition) is 5. The minimum atomic E-state index is -0.250. The standard InChI is InChI=1S/C18H28N4O3/c1-21-10-13(9-19-21)16(18(12-23)4-2-5-18)20-17(24)14-3-6-22-7-8-25-11-15(14)22/h9-10,14-16,23H,2-8,11-12H2,1H3,(H,20,24). The quantitative estimate of drug-likeness (QED) is 0.808. The number of aromatic nitrogens is 2. The van der Waals surface area contributed by atoms with Crippen LogP contribution in [0.15, 0.2) is 12.4 Å². The number of rotatable bonds is 5. The van der Waals surface area contributed by atoms with Crippen molar-refractivity contribution in [3.63, 3.8) is 0 Å². The first kappa shape index (κ1) is 17.0. The topological polar surface area (TPSA) is 79.6 Å². The highest BCUT2D eigenvalue weighted by Crippen LogP contribution is 2.50. The number of aliphatic hydroxyl groups is 1. The Morgan fingerprint density at radius 2 is 2.36 bits per heavy atom. The van der Waals surface area contributed by atoms with Crippen molar-refractivity contribution in [3.05, 3.63) is 18.0 Å². The number of nitrogens with one attached hydrogen (secondary N) is 1. The van der Waals surface area contributed by atoms with Gasteiger partial charge in [0.1, 0.15) is 0 Å². The molecule has 25 heavy (non-hydrogen) atoms. The minimum Gasteiger partial charge on any atom is -0.396 e. The molecule has 0 bridgehead atoms. The van der Waals surface area contributed by atoms with Crippen LogP contribution >= 0.6 is 0 Å². The molecule has 3 fully saturated rings. The molecule has 1 aliphatic carbocycles. The van der Waals surface area contributed by atoms with E-state index in [9.17, 15) is 9.90 Å². The lowest BCUT2D eigenvalue weighted by Gasteiger charge is -2.47. The number of aliphatic hydroxyl groups excluding tert-OH is 1. The number of amides is 1. The van der Waals surface area contributed by atoms with Crippen LogP contribution in [0.5, 0.6) is 0 Å². The molecule has 3 atom stereocenters. The molecule has 2 N–H and O–H groups in total. The average Bonchev–Trinajstić information content (AvgIpc) is 3.19. The number of carbonyl (C=O) groups excluding carboxylic acids is 1. The molecule has 1 amide bonds. The lowest BCUT2D eigenvalue weighted by Crippen LogP contribution is -2.51. The summed E-state index contributed by atoms with van der Waals surface area (Å²) in [4.78, 5) is 15.5. The number of ether oxygens (including phenoxy) is 1. The van der Waals surface area contributed by atoms with Crippen LogP contribution in [-0.4, -0.2) is 64.6 Å². The largest absolute Gasteiger partial charge is 0.396 e. The van der Waals surface area contributed by atoms with Crippen molar-refractivity contribution in [2.24, 2.45) is 18.4 Å². The molecular weight excluding hydrogens is 320 g/mol. The van der Waals surface area contributed by atoms with Crippen molar-refractivity contribution in [3.8, 4) is 0 Å². The molecule has 7 heteroatoms. The molecule has 3 heterocycles. The lowest BCUT2D eigenvalue weighted by atomic mass is 9.63. The minimum absolute atomic E-state index is 0.0321. The molecule has 138 valence electrons. The SMILES string of the molecule is Cn1cc(C(NC(=O)C2CCN3CCOCC23)C2(CO)CCC2)cn1. The molecule has 2 aliphatic heterocycles.